The minimum Gasteiger partial charge on any atom is -0.282 e. The van der Waals surface area contributed by atoms with Crippen LogP contribution in [-0.2, 0) is 19.2 Å². The molecule has 0 aromatic carbocycles. The zero-order valence-electron chi connectivity index (χ0n) is 14.3. The molecule has 9 heteroatoms. The smallest absolute Gasteiger partial charge is 0.243 e. The minimum absolute atomic E-state index is 0.0552. The normalized spacial score (nSPS) is 24.1. The van der Waals surface area contributed by atoms with Crippen LogP contribution in [0.3, 0.4) is 0 Å². The van der Waals surface area contributed by atoms with Gasteiger partial charge in [0.2, 0.25) is 23.6 Å². The van der Waals surface area contributed by atoms with E-state index < -0.39 is 0 Å². The highest BCUT2D eigenvalue weighted by Gasteiger charge is 2.38. The van der Waals surface area contributed by atoms with Gasteiger partial charge in [0, 0.05) is 25.9 Å². The van der Waals surface area contributed by atoms with Crippen LogP contribution in [0.25, 0.3) is 0 Å². The fourth-order valence-electron chi connectivity index (χ4n) is 3.08. The van der Waals surface area contributed by atoms with Crippen molar-refractivity contribution in [3.05, 3.63) is 0 Å². The quantitative estimate of drug-likeness (QED) is 0.260. The van der Waals surface area contributed by atoms with E-state index >= 15 is 0 Å². The van der Waals surface area contributed by atoms with Crippen LogP contribution in [0.2, 0.25) is 0 Å². The number of unbranched alkanes of at least 4 members (excludes halogenated alkanes) is 3. The zero-order chi connectivity index (χ0) is 18.4. The van der Waals surface area contributed by atoms with Gasteiger partial charge in [-0.3, -0.25) is 29.0 Å². The molecule has 6 nitrogen and oxygen atoms in total. The van der Waals surface area contributed by atoms with E-state index in [1.54, 1.807) is 0 Å². The predicted octanol–water partition coefficient (Wildman–Crippen LogP) is 2.13. The van der Waals surface area contributed by atoms with Crippen molar-refractivity contribution in [1.82, 2.24) is 9.80 Å². The first-order chi connectivity index (χ1) is 12.0. The molecule has 0 aliphatic carbocycles. The van der Waals surface area contributed by atoms with Crippen LogP contribution in [0.5, 0.6) is 0 Å². The summed E-state index contributed by atoms with van der Waals surface area (Å²) in [4.78, 5) is 50.5. The summed E-state index contributed by atoms with van der Waals surface area (Å²) in [6.07, 6.45) is 3.79. The number of hydrogen-bond acceptors (Lipinski definition) is 7. The second-order valence-corrected chi connectivity index (χ2v) is 9.02. The Morgan fingerprint density at radius 1 is 0.880 bits per heavy atom. The maximum atomic E-state index is 12.1. The van der Waals surface area contributed by atoms with E-state index in [4.69, 9.17) is 0 Å². The lowest BCUT2D eigenvalue weighted by atomic mass is 10.2. The number of imide groups is 2. The fraction of sp³-hybridized carbons (Fsp3) is 0.750. The van der Waals surface area contributed by atoms with Gasteiger partial charge in [-0.25, -0.2) is 0 Å². The topological polar surface area (TPSA) is 74.8 Å². The van der Waals surface area contributed by atoms with Crippen molar-refractivity contribution in [2.75, 3.05) is 18.8 Å². The van der Waals surface area contributed by atoms with Crippen LogP contribution in [0.15, 0.2) is 0 Å². The summed E-state index contributed by atoms with van der Waals surface area (Å²) in [5.74, 6) is 0.444. The number of carbonyl (C=O) groups is 4. The third-order valence-corrected chi connectivity index (χ3v) is 6.90. The van der Waals surface area contributed by atoms with Gasteiger partial charge in [-0.2, -0.15) is 0 Å². The highest BCUT2D eigenvalue weighted by atomic mass is 33.1. The number of nitrogens with zero attached hydrogens (tertiary/aromatic N) is 2. The standard InChI is InChI=1S/C16H24N2O4S3/c1-2-24-11-9-13(19)17(15(11)21)7-5-3-4-6-8-18-14(20)10-12(25-23)16(18)22/h11-12,23H,2-10H2,1H3. The Morgan fingerprint density at radius 2 is 1.36 bits per heavy atom. The average Bonchev–Trinajstić information content (AvgIpc) is 3.01. The number of rotatable bonds is 10. The van der Waals surface area contributed by atoms with Crippen molar-refractivity contribution < 1.29 is 19.2 Å². The molecule has 0 aromatic rings. The number of likely N-dealkylation sites (tertiary alicyclic amines) is 2. The van der Waals surface area contributed by atoms with Crippen molar-refractivity contribution >= 4 is 57.8 Å². The molecule has 2 atom stereocenters. The van der Waals surface area contributed by atoms with Gasteiger partial charge < -0.3 is 0 Å². The SMILES string of the molecule is CCSC1CC(=O)N(CCCCCCN2C(=O)CC(SS)C2=O)C1=O. The van der Waals surface area contributed by atoms with Crippen molar-refractivity contribution in [3.63, 3.8) is 0 Å². The monoisotopic (exact) mass is 404 g/mol. The molecule has 2 saturated heterocycles. The molecule has 0 spiro atoms. The molecular formula is C16H24N2O4S3. The predicted molar refractivity (Wildman–Crippen MR) is 103 cm³/mol. The van der Waals surface area contributed by atoms with Crippen LogP contribution in [0.4, 0.5) is 0 Å². The number of hydrogen-bond donors (Lipinski definition) is 1. The molecule has 0 bridgehead atoms. The molecule has 2 aliphatic rings. The number of amides is 4. The third kappa shape index (κ3) is 5.17. The molecule has 0 saturated carbocycles. The summed E-state index contributed by atoms with van der Waals surface area (Å²) in [5, 5.41) is -0.556. The first kappa shape index (κ1) is 20.6. The molecule has 4 amide bonds. The maximum absolute atomic E-state index is 12.1. The van der Waals surface area contributed by atoms with Crippen LogP contribution in [0, 0.1) is 0 Å². The highest BCUT2D eigenvalue weighted by molar-refractivity contribution is 8.69. The largest absolute Gasteiger partial charge is 0.282 e. The first-order valence-corrected chi connectivity index (χ1v) is 11.6. The summed E-state index contributed by atoms with van der Waals surface area (Å²) in [6, 6.07) is 0. The van der Waals surface area contributed by atoms with Gasteiger partial charge in [0.1, 0.15) is 5.25 Å². The molecule has 0 aromatic heterocycles. The summed E-state index contributed by atoms with van der Waals surface area (Å²) < 4.78 is 0. The Kier molecular flexibility index (Phi) is 8.15. The lowest BCUT2D eigenvalue weighted by Crippen LogP contribution is -2.32. The van der Waals surface area contributed by atoms with E-state index in [1.165, 1.54) is 21.6 Å². The molecule has 140 valence electrons. The Bertz CT molecular complexity index is 543. The molecule has 2 aliphatic heterocycles. The summed E-state index contributed by atoms with van der Waals surface area (Å²) >= 11 is 5.56. The molecule has 25 heavy (non-hydrogen) atoms. The Labute approximate surface area is 161 Å². The summed E-state index contributed by atoms with van der Waals surface area (Å²) in [5.41, 5.74) is 0. The first-order valence-electron chi connectivity index (χ1n) is 8.59. The van der Waals surface area contributed by atoms with E-state index in [1.807, 2.05) is 6.92 Å². The minimum atomic E-state index is -0.350. The van der Waals surface area contributed by atoms with Gasteiger partial charge in [0.25, 0.3) is 0 Å². The number of thioether (sulfide) groups is 1. The molecule has 0 radical (unpaired) electrons. The number of carbonyl (C=O) groups excluding carboxylic acids is 4. The van der Waals surface area contributed by atoms with Gasteiger partial charge in [-0.15, -0.1) is 23.4 Å². The third-order valence-electron chi connectivity index (χ3n) is 4.41. The summed E-state index contributed by atoms with van der Waals surface area (Å²) in [6.45, 7) is 2.90. The van der Waals surface area contributed by atoms with E-state index in [-0.39, 0.29) is 40.5 Å². The Hall–Kier alpha value is -0.670. The van der Waals surface area contributed by atoms with Gasteiger partial charge >= 0.3 is 0 Å². The second kappa shape index (κ2) is 9.87. The van der Waals surface area contributed by atoms with Crippen LogP contribution in [-0.4, -0.2) is 62.8 Å². The molecule has 0 N–H and O–H groups in total. The fourth-order valence-corrected chi connectivity index (χ4v) is 4.94. The van der Waals surface area contributed by atoms with Crippen molar-refractivity contribution in [2.45, 2.75) is 55.9 Å². The second-order valence-electron chi connectivity index (χ2n) is 6.13. The van der Waals surface area contributed by atoms with Crippen LogP contribution in [0.1, 0.15) is 45.4 Å². The van der Waals surface area contributed by atoms with Gasteiger partial charge in [0.05, 0.1) is 5.25 Å². The van der Waals surface area contributed by atoms with E-state index in [0.717, 1.165) is 42.2 Å². The van der Waals surface area contributed by atoms with Gasteiger partial charge in [-0.1, -0.05) is 30.6 Å². The maximum Gasteiger partial charge on any atom is 0.243 e. The zero-order valence-corrected chi connectivity index (χ0v) is 16.8. The van der Waals surface area contributed by atoms with Crippen molar-refractivity contribution in [3.8, 4) is 0 Å². The lowest BCUT2D eigenvalue weighted by Gasteiger charge is -2.16. The van der Waals surface area contributed by atoms with E-state index in [9.17, 15) is 19.2 Å². The molecule has 2 heterocycles. The lowest BCUT2D eigenvalue weighted by molar-refractivity contribution is -0.140. The van der Waals surface area contributed by atoms with Gasteiger partial charge in [-0.05, 0) is 18.6 Å². The number of thiol groups is 1. The van der Waals surface area contributed by atoms with E-state index in [2.05, 4.69) is 11.7 Å². The van der Waals surface area contributed by atoms with Crippen LogP contribution < -0.4 is 0 Å². The van der Waals surface area contributed by atoms with Crippen molar-refractivity contribution in [2.24, 2.45) is 0 Å². The Morgan fingerprint density at radius 3 is 1.80 bits per heavy atom. The Balaban J connectivity index is 1.62. The van der Waals surface area contributed by atoms with E-state index in [0.29, 0.717) is 19.5 Å². The van der Waals surface area contributed by atoms with Crippen molar-refractivity contribution in [1.29, 1.82) is 0 Å². The molecular weight excluding hydrogens is 380 g/mol. The molecule has 2 rings (SSSR count). The average molecular weight is 405 g/mol. The van der Waals surface area contributed by atoms with Crippen LogP contribution >= 0.6 is 34.2 Å². The highest BCUT2D eigenvalue weighted by Crippen LogP contribution is 2.28. The molecule has 2 unspecified atom stereocenters. The molecule has 2 fully saturated rings. The van der Waals surface area contributed by atoms with Gasteiger partial charge in [0.15, 0.2) is 0 Å². The summed E-state index contributed by atoms with van der Waals surface area (Å²) in [7, 11) is 1.12.